The number of piperidine rings is 1. The topological polar surface area (TPSA) is 21.3 Å². The second-order valence-electron chi connectivity index (χ2n) is 6.93. The van der Waals surface area contributed by atoms with Crippen LogP contribution in [0.5, 0.6) is 0 Å². The first-order valence-electron chi connectivity index (χ1n) is 9.42. The monoisotopic (exact) mass is 379 g/mol. The number of benzene rings is 3. The van der Waals surface area contributed by atoms with Gasteiger partial charge in [0.25, 0.3) is 0 Å². The summed E-state index contributed by atoms with van der Waals surface area (Å²) in [5.74, 6) is 0.434. The van der Waals surface area contributed by atoms with Crippen LogP contribution in [0.3, 0.4) is 0 Å². The van der Waals surface area contributed by atoms with Crippen molar-refractivity contribution >= 4 is 12.4 Å². The summed E-state index contributed by atoms with van der Waals surface area (Å²) in [5, 5.41) is 3.49. The number of rotatable bonds is 5. The zero-order chi connectivity index (χ0) is 17.6. The lowest BCUT2D eigenvalue weighted by molar-refractivity contribution is 0.0106. The molecule has 1 fully saturated rings. The molecule has 1 aliphatic rings. The van der Waals surface area contributed by atoms with Gasteiger partial charge >= 0.3 is 0 Å². The number of hydrogen-bond acceptors (Lipinski definition) is 2. The predicted molar refractivity (Wildman–Crippen MR) is 114 cm³/mol. The lowest BCUT2D eigenvalue weighted by atomic mass is 9.86. The third-order valence-electron chi connectivity index (χ3n) is 5.16. The number of ether oxygens (including phenoxy) is 1. The summed E-state index contributed by atoms with van der Waals surface area (Å²) in [6.07, 6.45) is 1.31. The van der Waals surface area contributed by atoms with Gasteiger partial charge in [-0.3, -0.25) is 0 Å². The summed E-state index contributed by atoms with van der Waals surface area (Å²) in [5.41, 5.74) is 5.16. The van der Waals surface area contributed by atoms with E-state index in [9.17, 15) is 0 Å². The van der Waals surface area contributed by atoms with Gasteiger partial charge in [-0.1, -0.05) is 84.9 Å². The fraction of sp³-hybridized carbons (Fsp3) is 0.250. The lowest BCUT2D eigenvalue weighted by Crippen LogP contribution is -2.40. The van der Waals surface area contributed by atoms with Gasteiger partial charge in [-0.25, -0.2) is 0 Å². The smallest absolute Gasteiger partial charge is 0.0772 e. The molecule has 0 bridgehead atoms. The third kappa shape index (κ3) is 4.98. The van der Waals surface area contributed by atoms with E-state index in [1.165, 1.54) is 22.3 Å². The van der Waals surface area contributed by atoms with Gasteiger partial charge in [0.1, 0.15) is 0 Å². The average Bonchev–Trinajstić information content (AvgIpc) is 2.74. The molecule has 1 heterocycles. The molecule has 0 amide bonds. The van der Waals surface area contributed by atoms with Crippen LogP contribution in [0.15, 0.2) is 84.9 Å². The molecule has 0 aliphatic carbocycles. The highest BCUT2D eigenvalue weighted by atomic mass is 35.5. The molecule has 27 heavy (non-hydrogen) atoms. The van der Waals surface area contributed by atoms with Crippen molar-refractivity contribution in [1.29, 1.82) is 0 Å². The molecule has 0 aromatic heterocycles. The SMILES string of the molecule is Cl.c1ccc(COC2CNCCC2c2cccc(-c3ccccc3)c2)cc1. The Bertz CT molecular complexity index is 822. The van der Waals surface area contributed by atoms with Crippen molar-refractivity contribution in [1.82, 2.24) is 5.32 Å². The first-order valence-corrected chi connectivity index (χ1v) is 9.42. The molecule has 1 N–H and O–H groups in total. The Labute approximate surface area is 168 Å². The zero-order valence-corrected chi connectivity index (χ0v) is 16.2. The van der Waals surface area contributed by atoms with Crippen LogP contribution >= 0.6 is 12.4 Å². The molecule has 3 aromatic carbocycles. The Morgan fingerprint density at radius 1 is 0.815 bits per heavy atom. The summed E-state index contributed by atoms with van der Waals surface area (Å²) >= 11 is 0. The van der Waals surface area contributed by atoms with E-state index in [1.807, 2.05) is 6.07 Å². The Morgan fingerprint density at radius 3 is 2.30 bits per heavy atom. The normalized spacial score (nSPS) is 19.3. The van der Waals surface area contributed by atoms with E-state index in [2.05, 4.69) is 84.2 Å². The highest BCUT2D eigenvalue weighted by molar-refractivity contribution is 5.85. The maximum Gasteiger partial charge on any atom is 0.0772 e. The van der Waals surface area contributed by atoms with Gasteiger partial charge in [0.15, 0.2) is 0 Å². The summed E-state index contributed by atoms with van der Waals surface area (Å²) < 4.78 is 6.32. The Hall–Kier alpha value is -2.13. The summed E-state index contributed by atoms with van der Waals surface area (Å²) in [6.45, 7) is 2.63. The van der Waals surface area contributed by atoms with Crippen molar-refractivity contribution in [3.63, 3.8) is 0 Å². The highest BCUT2D eigenvalue weighted by Crippen LogP contribution is 2.31. The minimum absolute atomic E-state index is 0. The quantitative estimate of drug-likeness (QED) is 0.637. The summed E-state index contributed by atoms with van der Waals surface area (Å²) in [6, 6.07) is 30.0. The Kier molecular flexibility index (Phi) is 7.05. The zero-order valence-electron chi connectivity index (χ0n) is 15.4. The average molecular weight is 380 g/mol. The van der Waals surface area contributed by atoms with Crippen molar-refractivity contribution in [3.05, 3.63) is 96.1 Å². The number of nitrogens with one attached hydrogen (secondary N) is 1. The van der Waals surface area contributed by atoms with E-state index in [-0.39, 0.29) is 18.5 Å². The van der Waals surface area contributed by atoms with E-state index in [0.717, 1.165) is 19.5 Å². The third-order valence-corrected chi connectivity index (χ3v) is 5.16. The second kappa shape index (κ2) is 9.70. The lowest BCUT2D eigenvalue weighted by Gasteiger charge is -2.32. The van der Waals surface area contributed by atoms with Gasteiger partial charge in [-0.15, -0.1) is 12.4 Å². The van der Waals surface area contributed by atoms with E-state index in [1.54, 1.807) is 0 Å². The molecule has 3 aromatic rings. The molecule has 3 heteroatoms. The highest BCUT2D eigenvalue weighted by Gasteiger charge is 2.27. The minimum Gasteiger partial charge on any atom is -0.372 e. The van der Waals surface area contributed by atoms with Crippen LogP contribution in [-0.4, -0.2) is 19.2 Å². The van der Waals surface area contributed by atoms with E-state index < -0.39 is 0 Å². The fourth-order valence-electron chi connectivity index (χ4n) is 3.74. The molecule has 0 saturated carbocycles. The van der Waals surface area contributed by atoms with Crippen LogP contribution in [0.25, 0.3) is 11.1 Å². The summed E-state index contributed by atoms with van der Waals surface area (Å²) in [7, 11) is 0. The van der Waals surface area contributed by atoms with Crippen LogP contribution in [0, 0.1) is 0 Å². The van der Waals surface area contributed by atoms with Crippen LogP contribution in [-0.2, 0) is 11.3 Å². The molecule has 4 rings (SSSR count). The van der Waals surface area contributed by atoms with Gasteiger partial charge in [0.2, 0.25) is 0 Å². The van der Waals surface area contributed by atoms with Gasteiger partial charge in [0.05, 0.1) is 12.7 Å². The van der Waals surface area contributed by atoms with Crippen molar-refractivity contribution in [2.75, 3.05) is 13.1 Å². The maximum atomic E-state index is 6.32. The van der Waals surface area contributed by atoms with Gasteiger partial charge in [-0.2, -0.15) is 0 Å². The van der Waals surface area contributed by atoms with Gasteiger partial charge < -0.3 is 10.1 Å². The fourth-order valence-corrected chi connectivity index (χ4v) is 3.74. The molecule has 1 aliphatic heterocycles. The van der Waals surface area contributed by atoms with Crippen LogP contribution < -0.4 is 5.32 Å². The number of hydrogen-bond donors (Lipinski definition) is 1. The Morgan fingerprint density at radius 2 is 1.52 bits per heavy atom. The van der Waals surface area contributed by atoms with Gasteiger partial charge in [-0.05, 0) is 35.2 Å². The van der Waals surface area contributed by atoms with Crippen molar-refractivity contribution < 1.29 is 4.74 Å². The molecule has 0 spiro atoms. The summed E-state index contributed by atoms with van der Waals surface area (Å²) in [4.78, 5) is 0. The van der Waals surface area contributed by atoms with Crippen LogP contribution in [0.4, 0.5) is 0 Å². The van der Waals surface area contributed by atoms with Crippen molar-refractivity contribution in [2.45, 2.75) is 25.0 Å². The second-order valence-corrected chi connectivity index (χ2v) is 6.93. The molecule has 140 valence electrons. The van der Waals surface area contributed by atoms with Crippen LogP contribution in [0.2, 0.25) is 0 Å². The van der Waals surface area contributed by atoms with E-state index in [4.69, 9.17) is 4.74 Å². The molecule has 2 atom stereocenters. The van der Waals surface area contributed by atoms with E-state index in [0.29, 0.717) is 12.5 Å². The van der Waals surface area contributed by atoms with E-state index >= 15 is 0 Å². The maximum absolute atomic E-state index is 6.32. The molecule has 0 radical (unpaired) electrons. The molecular weight excluding hydrogens is 354 g/mol. The van der Waals surface area contributed by atoms with Crippen LogP contribution in [0.1, 0.15) is 23.5 Å². The molecular formula is C24H26ClNO. The standard InChI is InChI=1S/C24H25NO.ClH/c1-3-8-19(9-4-1)18-26-24-17-25-15-14-23(24)22-13-7-12-21(16-22)20-10-5-2-6-11-20;/h1-13,16,23-25H,14-15,17-18H2;1H. The van der Waals surface area contributed by atoms with Crippen molar-refractivity contribution in [2.24, 2.45) is 0 Å². The first-order chi connectivity index (χ1) is 12.9. The van der Waals surface area contributed by atoms with Gasteiger partial charge in [0, 0.05) is 12.5 Å². The Balaban J connectivity index is 0.00000210. The molecule has 2 unspecified atom stereocenters. The molecule has 2 nitrogen and oxygen atoms in total. The first kappa shape index (κ1) is 19.6. The number of halogens is 1. The minimum atomic E-state index is 0. The largest absolute Gasteiger partial charge is 0.372 e. The van der Waals surface area contributed by atoms with Crippen molar-refractivity contribution in [3.8, 4) is 11.1 Å². The predicted octanol–water partition coefficient (Wildman–Crippen LogP) is 5.44. The molecule has 1 saturated heterocycles.